The Balaban J connectivity index is 0. The van der Waals surface area contributed by atoms with Crippen LogP contribution in [0.4, 0.5) is 0 Å². The van der Waals surface area contributed by atoms with Crippen LogP contribution in [0.15, 0.2) is 0 Å². The smallest absolute Gasteiger partial charge is 0.748 e. The van der Waals surface area contributed by atoms with Crippen LogP contribution in [0.2, 0.25) is 0 Å². The molecule has 4 nitrogen and oxygen atoms in total. The molecular weight excluding hydrogens is 339 g/mol. The molecule has 0 saturated carbocycles. The molecule has 0 bridgehead atoms. The number of hydrogen-bond donors (Lipinski definition) is 1. The minimum Gasteiger partial charge on any atom is -0.748 e. The number of aliphatic hydroxyl groups is 1. The summed E-state index contributed by atoms with van der Waals surface area (Å²) in [7, 11) is -4.21. The molecule has 0 aliphatic carbocycles. The van der Waals surface area contributed by atoms with Crippen LogP contribution >= 0.6 is 0 Å². The first-order valence-corrected chi connectivity index (χ1v) is 10.5. The van der Waals surface area contributed by atoms with Gasteiger partial charge in [-0.1, -0.05) is 65.2 Å². The molecule has 0 radical (unpaired) electrons. The fraction of sp³-hybridized carbons (Fsp3) is 1.00. The third kappa shape index (κ3) is 16.7. The third-order valence-corrected chi connectivity index (χ3v) is 5.53. The summed E-state index contributed by atoms with van der Waals surface area (Å²) in [6.45, 7) is 4.24. The summed E-state index contributed by atoms with van der Waals surface area (Å²) < 4.78 is 34.0. The van der Waals surface area contributed by atoms with Gasteiger partial charge in [-0.2, -0.15) is 0 Å². The Morgan fingerprint density at radius 2 is 1.26 bits per heavy atom. The summed E-state index contributed by atoms with van der Waals surface area (Å²) in [5.41, 5.74) is 0. The van der Waals surface area contributed by atoms with Gasteiger partial charge in [0.1, 0.15) is 0 Å². The van der Waals surface area contributed by atoms with E-state index < -0.39 is 15.4 Å². The molecule has 1 N–H and O–H groups in total. The van der Waals surface area contributed by atoms with Crippen molar-refractivity contribution in [1.82, 2.24) is 0 Å². The third-order valence-electron chi connectivity index (χ3n) is 4.24. The number of rotatable bonds is 15. The van der Waals surface area contributed by atoms with E-state index in [4.69, 9.17) is 0 Å². The average Bonchev–Trinajstić information content (AvgIpc) is 2.45. The molecule has 0 heterocycles. The minimum atomic E-state index is -4.21. The van der Waals surface area contributed by atoms with Gasteiger partial charge in [0.25, 0.3) is 0 Å². The zero-order valence-corrected chi connectivity index (χ0v) is 19.4. The number of unbranched alkanes of at least 4 members (excludes halogenated alkanes) is 6. The van der Waals surface area contributed by atoms with Crippen LogP contribution in [0, 0.1) is 0 Å². The van der Waals surface area contributed by atoms with Crippen molar-refractivity contribution in [2.24, 2.45) is 0 Å². The van der Waals surface area contributed by atoms with Crippen LogP contribution < -0.4 is 51.4 Å². The van der Waals surface area contributed by atoms with Crippen molar-refractivity contribution in [2.45, 2.75) is 109 Å². The summed E-state index contributed by atoms with van der Waals surface area (Å²) >= 11 is 0. The maximum Gasteiger partial charge on any atom is 1.00 e. The van der Waals surface area contributed by atoms with Gasteiger partial charge < -0.3 is 9.66 Å². The van der Waals surface area contributed by atoms with Crippen molar-refractivity contribution in [1.29, 1.82) is 0 Å². The molecule has 0 spiro atoms. The Morgan fingerprint density at radius 1 is 0.783 bits per heavy atom. The van der Waals surface area contributed by atoms with Gasteiger partial charge in [0.05, 0.1) is 16.2 Å². The maximum atomic E-state index is 11.3. The van der Waals surface area contributed by atoms with E-state index in [2.05, 4.69) is 13.8 Å². The van der Waals surface area contributed by atoms with E-state index in [1.807, 2.05) is 0 Å². The van der Waals surface area contributed by atoms with E-state index >= 15 is 0 Å². The van der Waals surface area contributed by atoms with Crippen LogP contribution in [-0.4, -0.2) is 29.4 Å². The summed E-state index contributed by atoms with van der Waals surface area (Å²) in [6.07, 6.45) is 11.1. The largest absolute Gasteiger partial charge is 1.00 e. The van der Waals surface area contributed by atoms with E-state index in [0.717, 1.165) is 38.5 Å². The van der Waals surface area contributed by atoms with E-state index in [0.29, 0.717) is 25.7 Å². The van der Waals surface area contributed by atoms with Crippen LogP contribution in [0.3, 0.4) is 0 Å². The zero-order valence-electron chi connectivity index (χ0n) is 15.4. The second kappa shape index (κ2) is 16.9. The van der Waals surface area contributed by atoms with Crippen molar-refractivity contribution >= 4 is 10.1 Å². The topological polar surface area (TPSA) is 77.4 Å². The van der Waals surface area contributed by atoms with E-state index in [1.54, 1.807) is 0 Å². The summed E-state index contributed by atoms with van der Waals surface area (Å²) in [5, 5.41) is 9.00. The second-order valence-corrected chi connectivity index (χ2v) is 8.05. The van der Waals surface area contributed by atoms with Gasteiger partial charge in [-0.15, -0.1) is 0 Å². The number of aliphatic hydroxyl groups excluding tert-OH is 1. The molecule has 0 aromatic carbocycles. The SMILES string of the molecule is CCCCCCCCC(CCCC(O)CCCC)S(=O)(=O)[O-].[K+]. The number of hydrogen-bond acceptors (Lipinski definition) is 4. The van der Waals surface area contributed by atoms with Crippen LogP contribution in [0.1, 0.15) is 97.3 Å². The zero-order chi connectivity index (χ0) is 16.8. The Kier molecular flexibility index (Phi) is 19.7. The van der Waals surface area contributed by atoms with Gasteiger partial charge >= 0.3 is 51.4 Å². The maximum absolute atomic E-state index is 11.3. The molecule has 0 aromatic rings. The van der Waals surface area contributed by atoms with Gasteiger partial charge in [0.2, 0.25) is 0 Å². The molecule has 2 atom stereocenters. The summed E-state index contributed by atoms with van der Waals surface area (Å²) in [4.78, 5) is 0. The van der Waals surface area contributed by atoms with E-state index in [-0.39, 0.29) is 57.5 Å². The molecule has 0 amide bonds. The van der Waals surface area contributed by atoms with Crippen LogP contribution in [0.5, 0.6) is 0 Å². The average molecular weight is 375 g/mol. The standard InChI is InChI=1S/C17H36O4S.K/c1-3-5-7-8-9-10-14-17(22(19,20)21)15-11-13-16(18)12-6-4-2;/h16-18H,3-15H2,1-2H3,(H,19,20,21);/q;+1/p-1. The molecule has 0 aromatic heterocycles. The Bertz CT molecular complexity index is 347. The molecule has 0 fully saturated rings. The quantitative estimate of drug-likeness (QED) is 0.267. The van der Waals surface area contributed by atoms with E-state index in [9.17, 15) is 18.1 Å². The predicted octanol–water partition coefficient (Wildman–Crippen LogP) is 1.38. The van der Waals surface area contributed by atoms with Crippen molar-refractivity contribution in [2.75, 3.05) is 0 Å². The molecule has 2 unspecified atom stereocenters. The van der Waals surface area contributed by atoms with Crippen molar-refractivity contribution < 1.29 is 69.5 Å². The van der Waals surface area contributed by atoms with Crippen molar-refractivity contribution in [3.8, 4) is 0 Å². The molecule has 0 aliphatic rings. The van der Waals surface area contributed by atoms with Crippen LogP contribution in [0.25, 0.3) is 0 Å². The van der Waals surface area contributed by atoms with Gasteiger partial charge in [-0.3, -0.25) is 0 Å². The Morgan fingerprint density at radius 3 is 1.83 bits per heavy atom. The molecule has 6 heteroatoms. The fourth-order valence-electron chi connectivity index (χ4n) is 2.75. The van der Waals surface area contributed by atoms with Gasteiger partial charge in [-0.25, -0.2) is 8.42 Å². The molecule has 23 heavy (non-hydrogen) atoms. The van der Waals surface area contributed by atoms with Gasteiger partial charge in [0.15, 0.2) is 0 Å². The van der Waals surface area contributed by atoms with E-state index in [1.165, 1.54) is 19.3 Å². The predicted molar refractivity (Wildman–Crippen MR) is 90.9 cm³/mol. The first-order valence-electron chi connectivity index (χ1n) is 9.04. The van der Waals surface area contributed by atoms with Crippen molar-refractivity contribution in [3.05, 3.63) is 0 Å². The fourth-order valence-corrected chi connectivity index (χ4v) is 3.66. The molecule has 134 valence electrons. The monoisotopic (exact) mass is 374 g/mol. The van der Waals surface area contributed by atoms with Gasteiger partial charge in [0, 0.05) is 5.25 Å². The Hall–Kier alpha value is 1.51. The minimum absolute atomic E-state index is 0. The first-order chi connectivity index (χ1) is 10.4. The normalized spacial score (nSPS) is 14.3. The summed E-state index contributed by atoms with van der Waals surface area (Å²) in [6, 6.07) is 0. The Labute approximate surface area is 186 Å². The molecular formula is C17H35KO4S. The molecule has 0 rings (SSSR count). The van der Waals surface area contributed by atoms with Crippen molar-refractivity contribution in [3.63, 3.8) is 0 Å². The first kappa shape index (κ1) is 26.7. The summed E-state index contributed by atoms with van der Waals surface area (Å²) in [5.74, 6) is 0. The van der Waals surface area contributed by atoms with Gasteiger partial charge in [-0.05, 0) is 32.1 Å². The second-order valence-electron chi connectivity index (χ2n) is 6.40. The molecule has 0 saturated heterocycles. The van der Waals surface area contributed by atoms with Crippen LogP contribution in [-0.2, 0) is 10.1 Å². The molecule has 0 aliphatic heterocycles.